The predicted molar refractivity (Wildman–Crippen MR) is 123 cm³/mol. The molecule has 0 aliphatic carbocycles. The molecule has 32 heavy (non-hydrogen) atoms. The number of quaternary nitrogens is 1. The van der Waals surface area contributed by atoms with Crippen molar-refractivity contribution in [3.63, 3.8) is 0 Å². The molecule has 3 saturated heterocycles. The minimum absolute atomic E-state index is 0.0426. The molecule has 0 spiro atoms. The van der Waals surface area contributed by atoms with Crippen molar-refractivity contribution >= 4 is 17.1 Å². The van der Waals surface area contributed by atoms with Crippen molar-refractivity contribution in [3.8, 4) is 5.75 Å². The fraction of sp³-hybridized carbons (Fsp3) is 0.478. The summed E-state index contributed by atoms with van der Waals surface area (Å²) < 4.78 is 6.47. The quantitative estimate of drug-likeness (QED) is 0.278. The minimum Gasteiger partial charge on any atom is -0.494 e. The Hall–Kier alpha value is -2.88. The van der Waals surface area contributed by atoms with Crippen LogP contribution in [-0.4, -0.2) is 73.8 Å². The second-order valence-electron chi connectivity index (χ2n) is 8.66. The molecule has 9 heteroatoms. The average Bonchev–Trinajstić information content (AvgIpc) is 2.83. The summed E-state index contributed by atoms with van der Waals surface area (Å²) in [5, 5.41) is 23.0. The molecule has 5 rings (SSSR count). The van der Waals surface area contributed by atoms with E-state index in [-0.39, 0.29) is 11.7 Å². The summed E-state index contributed by atoms with van der Waals surface area (Å²) in [6, 6.07) is 12.5. The van der Waals surface area contributed by atoms with Gasteiger partial charge in [0.25, 0.3) is 5.69 Å². The number of methoxy groups -OCH3 is 1. The first-order valence-electron chi connectivity index (χ1n) is 11.1. The van der Waals surface area contributed by atoms with E-state index in [4.69, 9.17) is 4.74 Å². The summed E-state index contributed by atoms with van der Waals surface area (Å²) in [4.78, 5) is 13.0. The lowest BCUT2D eigenvalue weighted by molar-refractivity contribution is -0.939. The van der Waals surface area contributed by atoms with E-state index in [1.165, 1.54) is 81.2 Å². The van der Waals surface area contributed by atoms with Crippen molar-refractivity contribution in [2.45, 2.75) is 13.0 Å². The average molecular weight is 440 g/mol. The highest BCUT2D eigenvalue weighted by atomic mass is 16.6. The van der Waals surface area contributed by atoms with Gasteiger partial charge >= 0.3 is 0 Å². The van der Waals surface area contributed by atoms with Gasteiger partial charge in [-0.25, -0.2) is 0 Å². The zero-order chi connectivity index (χ0) is 22.6. The van der Waals surface area contributed by atoms with Gasteiger partial charge in [0, 0.05) is 38.3 Å². The van der Waals surface area contributed by atoms with E-state index >= 15 is 0 Å². The smallest absolute Gasteiger partial charge is 0.273 e. The molecule has 1 unspecified atom stereocenters. The van der Waals surface area contributed by atoms with E-state index < -0.39 is 4.92 Å². The standard InChI is InChI=1S/C23H31N6O3/c1-18(24-9-13-29-14-10-27(11-15-29)12-16-29)19-3-5-20(6-4-19)25-26-22-8-7-21(28(30)31)17-23(22)32-2/h3-8,17-18,24H,9-16H2,1-2H3/q+1. The van der Waals surface area contributed by atoms with E-state index in [0.29, 0.717) is 17.1 Å². The molecule has 2 aromatic rings. The summed E-state index contributed by atoms with van der Waals surface area (Å²) in [5.41, 5.74) is 2.33. The molecule has 3 fully saturated rings. The molecule has 0 radical (unpaired) electrons. The molecule has 0 aromatic heterocycles. The largest absolute Gasteiger partial charge is 0.494 e. The van der Waals surface area contributed by atoms with Crippen LogP contribution in [0.1, 0.15) is 18.5 Å². The van der Waals surface area contributed by atoms with E-state index in [2.05, 4.69) is 39.5 Å². The van der Waals surface area contributed by atoms with Crippen molar-refractivity contribution in [3.05, 3.63) is 58.1 Å². The second-order valence-corrected chi connectivity index (χ2v) is 8.66. The van der Waals surface area contributed by atoms with Crippen molar-refractivity contribution in [1.82, 2.24) is 10.2 Å². The molecule has 3 heterocycles. The van der Waals surface area contributed by atoms with Crippen molar-refractivity contribution < 1.29 is 14.1 Å². The van der Waals surface area contributed by atoms with Gasteiger partial charge in [0.05, 0.1) is 50.0 Å². The first-order valence-corrected chi connectivity index (χ1v) is 11.1. The molecule has 2 bridgehead atoms. The summed E-state index contributed by atoms with van der Waals surface area (Å²) in [7, 11) is 1.46. The Morgan fingerprint density at radius 1 is 1.12 bits per heavy atom. The number of nitro groups is 1. The fourth-order valence-corrected chi connectivity index (χ4v) is 4.51. The van der Waals surface area contributed by atoms with Crippen LogP contribution in [0.15, 0.2) is 52.7 Å². The molecule has 0 saturated carbocycles. The number of hydrogen-bond acceptors (Lipinski definition) is 7. The van der Waals surface area contributed by atoms with Crippen LogP contribution in [0.3, 0.4) is 0 Å². The third-order valence-corrected chi connectivity index (χ3v) is 6.75. The Balaban J connectivity index is 1.32. The van der Waals surface area contributed by atoms with Crippen LogP contribution in [0.5, 0.6) is 5.75 Å². The summed E-state index contributed by atoms with van der Waals surface area (Å²) >= 11 is 0. The van der Waals surface area contributed by atoms with Gasteiger partial charge in [-0.2, -0.15) is 5.11 Å². The van der Waals surface area contributed by atoms with Crippen LogP contribution in [-0.2, 0) is 0 Å². The molecule has 1 N–H and O–H groups in total. The van der Waals surface area contributed by atoms with Crippen molar-refractivity contribution in [2.75, 3.05) is 59.5 Å². The molecule has 2 aromatic carbocycles. The number of fused-ring (bicyclic) bond motifs is 3. The third-order valence-electron chi connectivity index (χ3n) is 6.75. The van der Waals surface area contributed by atoms with Crippen LogP contribution in [0.2, 0.25) is 0 Å². The first-order chi connectivity index (χ1) is 15.5. The number of nitrogens with zero attached hydrogens (tertiary/aromatic N) is 5. The topological polar surface area (TPSA) is 92.4 Å². The van der Waals surface area contributed by atoms with Gasteiger partial charge in [-0.1, -0.05) is 12.1 Å². The highest BCUT2D eigenvalue weighted by Crippen LogP contribution is 2.32. The first kappa shape index (κ1) is 22.3. The van der Waals surface area contributed by atoms with Crippen LogP contribution in [0.4, 0.5) is 17.1 Å². The summed E-state index contributed by atoms with van der Waals surface area (Å²) in [6.45, 7) is 12.0. The van der Waals surface area contributed by atoms with E-state index in [1.54, 1.807) is 0 Å². The maximum absolute atomic E-state index is 10.9. The van der Waals surface area contributed by atoms with Crippen molar-refractivity contribution in [1.29, 1.82) is 0 Å². The van der Waals surface area contributed by atoms with E-state index in [1.807, 2.05) is 12.1 Å². The van der Waals surface area contributed by atoms with E-state index in [0.717, 1.165) is 6.54 Å². The highest BCUT2D eigenvalue weighted by Gasteiger charge is 2.37. The number of piperazine rings is 3. The number of rotatable bonds is 9. The molecule has 1 atom stereocenters. The van der Waals surface area contributed by atoms with Gasteiger partial charge in [-0.15, -0.1) is 5.11 Å². The number of non-ortho nitro benzene ring substituents is 1. The zero-order valence-corrected chi connectivity index (χ0v) is 18.7. The maximum atomic E-state index is 10.9. The fourth-order valence-electron chi connectivity index (χ4n) is 4.51. The number of ether oxygens (including phenoxy) is 1. The molecule has 0 amide bonds. The normalized spacial score (nSPS) is 23.4. The van der Waals surface area contributed by atoms with Crippen molar-refractivity contribution in [2.24, 2.45) is 10.2 Å². The van der Waals surface area contributed by atoms with Gasteiger partial charge in [0.2, 0.25) is 0 Å². The lowest BCUT2D eigenvalue weighted by Gasteiger charge is -2.50. The molecular formula is C23H31N6O3+. The van der Waals surface area contributed by atoms with Gasteiger partial charge in [0.15, 0.2) is 5.75 Å². The monoisotopic (exact) mass is 439 g/mol. The summed E-state index contributed by atoms with van der Waals surface area (Å²) in [5.74, 6) is 0.318. The molecule has 9 nitrogen and oxygen atoms in total. The number of nitro benzene ring substituents is 1. The maximum Gasteiger partial charge on any atom is 0.273 e. The number of hydrogen-bond donors (Lipinski definition) is 1. The molecule has 3 aliphatic heterocycles. The van der Waals surface area contributed by atoms with Crippen LogP contribution >= 0.6 is 0 Å². The molecule has 170 valence electrons. The van der Waals surface area contributed by atoms with Crippen LogP contribution in [0, 0.1) is 10.1 Å². The lowest BCUT2D eigenvalue weighted by atomic mass is 10.1. The number of benzene rings is 2. The van der Waals surface area contributed by atoms with Crippen LogP contribution < -0.4 is 10.1 Å². The predicted octanol–water partition coefficient (Wildman–Crippen LogP) is 3.82. The Morgan fingerprint density at radius 3 is 2.44 bits per heavy atom. The SMILES string of the molecule is COc1cc([N+](=O)[O-])ccc1N=Nc1ccc(C(C)NCC[N+]23CCN(CC2)CC3)cc1. The highest BCUT2D eigenvalue weighted by molar-refractivity contribution is 5.57. The molecular weight excluding hydrogens is 408 g/mol. The van der Waals surface area contributed by atoms with Gasteiger partial charge in [0.1, 0.15) is 5.69 Å². The number of azo groups is 1. The Bertz CT molecular complexity index is 956. The second kappa shape index (κ2) is 9.72. The molecule has 3 aliphatic rings. The third kappa shape index (κ3) is 5.12. The van der Waals surface area contributed by atoms with E-state index in [9.17, 15) is 10.1 Å². The minimum atomic E-state index is -0.465. The zero-order valence-electron chi connectivity index (χ0n) is 18.7. The Labute approximate surface area is 188 Å². The van der Waals surface area contributed by atoms with Gasteiger partial charge < -0.3 is 14.5 Å². The lowest BCUT2D eigenvalue weighted by Crippen LogP contribution is -2.68. The van der Waals surface area contributed by atoms with Gasteiger partial charge in [-0.3, -0.25) is 15.0 Å². The van der Waals surface area contributed by atoms with Gasteiger partial charge in [-0.05, 0) is 30.7 Å². The Morgan fingerprint density at radius 2 is 1.81 bits per heavy atom. The van der Waals surface area contributed by atoms with Crippen LogP contribution in [0.25, 0.3) is 0 Å². The Kier molecular flexibility index (Phi) is 6.78. The summed E-state index contributed by atoms with van der Waals surface area (Å²) in [6.07, 6.45) is 0. The number of nitrogens with one attached hydrogen (secondary N) is 1.